The maximum Gasteiger partial charge on any atom is 0.295 e. The molecule has 0 aliphatic heterocycles. The van der Waals surface area contributed by atoms with Crippen molar-refractivity contribution in [3.05, 3.63) is 30.1 Å². The Labute approximate surface area is 108 Å². The summed E-state index contributed by atoms with van der Waals surface area (Å²) in [6, 6.07) is 3.63. The van der Waals surface area contributed by atoms with Gasteiger partial charge in [-0.15, -0.1) is 0 Å². The van der Waals surface area contributed by atoms with Gasteiger partial charge in [0.2, 0.25) is 0 Å². The normalized spacial score (nSPS) is 11.0. The second kappa shape index (κ2) is 6.98. The van der Waals surface area contributed by atoms with Crippen molar-refractivity contribution < 1.29 is 21.7 Å². The van der Waals surface area contributed by atoms with Gasteiger partial charge in [-0.1, -0.05) is 0 Å². The molecule has 1 aromatic rings. The van der Waals surface area contributed by atoms with E-state index in [1.54, 1.807) is 18.6 Å². The number of rotatable bonds is 4. The average molecular weight is 257 g/mol. The summed E-state index contributed by atoms with van der Waals surface area (Å²) < 4.78 is 0.580. The molecule has 5 nitrogen and oxygen atoms in total. The number of nitrogens with zero attached hydrogens (tertiary/aromatic N) is 3. The molecule has 0 atom stereocenters. The summed E-state index contributed by atoms with van der Waals surface area (Å²) in [5.41, 5.74) is 3.39. The van der Waals surface area contributed by atoms with Crippen LogP contribution in [0.25, 0.3) is 0 Å². The van der Waals surface area contributed by atoms with Crippen molar-refractivity contribution in [2.45, 2.75) is 0 Å². The van der Waals surface area contributed by atoms with Crippen LogP contribution in [0.4, 0.5) is 0 Å². The molecule has 0 saturated heterocycles. The number of nitrogens with one attached hydrogen (secondary N) is 1. The molecule has 1 N–H and O–H groups in total. The molecule has 1 rings (SSSR count). The molecular weight excluding hydrogens is 240 g/mol. The number of hydrogen-bond donors (Lipinski definition) is 1. The molecule has 94 valence electrons. The lowest BCUT2D eigenvalue weighted by Gasteiger charge is -2.21. The molecule has 1 amide bonds. The van der Waals surface area contributed by atoms with E-state index in [9.17, 15) is 4.79 Å². The SMILES string of the molecule is C[N+](C)(C)CC(=O)N/N=C\c1ccncc1.[Cl-]. The summed E-state index contributed by atoms with van der Waals surface area (Å²) in [4.78, 5) is 15.3. The van der Waals surface area contributed by atoms with E-state index in [1.807, 2.05) is 33.3 Å². The molecule has 0 bridgehead atoms. The highest BCUT2D eigenvalue weighted by atomic mass is 35.5. The fraction of sp³-hybridized carbons (Fsp3) is 0.364. The summed E-state index contributed by atoms with van der Waals surface area (Å²) in [6.07, 6.45) is 4.94. The van der Waals surface area contributed by atoms with Crippen molar-refractivity contribution in [1.29, 1.82) is 0 Å². The minimum absolute atomic E-state index is 0. The molecule has 0 aromatic carbocycles. The molecule has 0 radical (unpaired) electrons. The first kappa shape index (κ1) is 15.5. The van der Waals surface area contributed by atoms with Gasteiger partial charge in [0.05, 0.1) is 27.4 Å². The van der Waals surface area contributed by atoms with Gasteiger partial charge in [-0.05, 0) is 17.7 Å². The zero-order valence-corrected chi connectivity index (χ0v) is 11.0. The Morgan fingerprint density at radius 1 is 1.41 bits per heavy atom. The zero-order valence-electron chi connectivity index (χ0n) is 10.2. The van der Waals surface area contributed by atoms with E-state index in [0.29, 0.717) is 11.0 Å². The first-order chi connectivity index (χ1) is 7.47. The van der Waals surface area contributed by atoms with E-state index >= 15 is 0 Å². The molecule has 0 spiro atoms. The fourth-order valence-corrected chi connectivity index (χ4v) is 1.09. The summed E-state index contributed by atoms with van der Waals surface area (Å²) >= 11 is 0. The number of quaternary nitrogens is 1. The van der Waals surface area contributed by atoms with Crippen molar-refractivity contribution in [3.8, 4) is 0 Å². The van der Waals surface area contributed by atoms with Gasteiger partial charge < -0.3 is 16.9 Å². The lowest BCUT2D eigenvalue weighted by atomic mass is 10.3. The number of carbonyl (C=O) groups is 1. The third-order valence-corrected chi connectivity index (χ3v) is 1.73. The molecule has 1 heterocycles. The van der Waals surface area contributed by atoms with Crippen LogP contribution in [0.15, 0.2) is 29.6 Å². The molecule has 17 heavy (non-hydrogen) atoms. The number of carbonyl (C=O) groups excluding carboxylic acids is 1. The summed E-state index contributed by atoms with van der Waals surface area (Å²) in [5.74, 6) is -0.0993. The molecule has 0 fully saturated rings. The number of hydrazone groups is 1. The number of likely N-dealkylation sites (N-methyl/N-ethyl adjacent to an activating group) is 1. The second-order valence-corrected chi connectivity index (χ2v) is 4.52. The van der Waals surface area contributed by atoms with Gasteiger partial charge in [0.1, 0.15) is 0 Å². The van der Waals surface area contributed by atoms with Gasteiger partial charge in [0.15, 0.2) is 6.54 Å². The van der Waals surface area contributed by atoms with Gasteiger partial charge in [0, 0.05) is 12.4 Å². The van der Waals surface area contributed by atoms with Gasteiger partial charge >= 0.3 is 0 Å². The van der Waals surface area contributed by atoms with Crippen molar-refractivity contribution in [2.24, 2.45) is 5.10 Å². The van der Waals surface area contributed by atoms with E-state index in [4.69, 9.17) is 0 Å². The number of hydrogen-bond acceptors (Lipinski definition) is 3. The number of amides is 1. The lowest BCUT2D eigenvalue weighted by molar-refractivity contribution is -0.862. The third kappa shape index (κ3) is 7.43. The van der Waals surface area contributed by atoms with E-state index in [1.165, 1.54) is 0 Å². The van der Waals surface area contributed by atoms with Crippen molar-refractivity contribution >= 4 is 12.1 Å². The first-order valence-electron chi connectivity index (χ1n) is 5.00. The van der Waals surface area contributed by atoms with Crippen LogP contribution < -0.4 is 17.8 Å². The van der Waals surface area contributed by atoms with Crippen LogP contribution in [-0.2, 0) is 4.79 Å². The second-order valence-electron chi connectivity index (χ2n) is 4.52. The summed E-state index contributed by atoms with van der Waals surface area (Å²) in [7, 11) is 5.85. The molecule has 0 saturated carbocycles. The maximum atomic E-state index is 11.4. The quantitative estimate of drug-likeness (QED) is 0.361. The Hall–Kier alpha value is -1.46. The Morgan fingerprint density at radius 2 is 2.00 bits per heavy atom. The predicted octanol–water partition coefficient (Wildman–Crippen LogP) is -2.76. The predicted molar refractivity (Wildman–Crippen MR) is 62.9 cm³/mol. The minimum atomic E-state index is -0.0993. The van der Waals surface area contributed by atoms with Crippen LogP contribution in [0.3, 0.4) is 0 Å². The van der Waals surface area contributed by atoms with Gasteiger partial charge in [0.25, 0.3) is 5.91 Å². The van der Waals surface area contributed by atoms with Gasteiger partial charge in [-0.3, -0.25) is 9.78 Å². The third-order valence-electron chi connectivity index (χ3n) is 1.73. The molecule has 6 heteroatoms. The Morgan fingerprint density at radius 3 is 2.53 bits per heavy atom. The van der Waals surface area contributed by atoms with Crippen LogP contribution in [0.1, 0.15) is 5.56 Å². The molecule has 0 aliphatic rings. The Kier molecular flexibility index (Phi) is 6.38. The van der Waals surface area contributed by atoms with E-state index in [2.05, 4.69) is 15.5 Å². The van der Waals surface area contributed by atoms with Crippen molar-refractivity contribution in [2.75, 3.05) is 27.7 Å². The maximum absolute atomic E-state index is 11.4. The van der Waals surface area contributed by atoms with Crippen LogP contribution in [0.2, 0.25) is 0 Å². The monoisotopic (exact) mass is 256 g/mol. The molecular formula is C11H17ClN4O. The highest BCUT2D eigenvalue weighted by Crippen LogP contribution is 1.91. The molecule has 0 aliphatic carbocycles. The average Bonchev–Trinajstić information content (AvgIpc) is 2.16. The highest BCUT2D eigenvalue weighted by Gasteiger charge is 2.12. The van der Waals surface area contributed by atoms with E-state index in [-0.39, 0.29) is 18.3 Å². The van der Waals surface area contributed by atoms with Crippen LogP contribution >= 0.6 is 0 Å². The fourth-order valence-electron chi connectivity index (χ4n) is 1.09. The van der Waals surface area contributed by atoms with Crippen LogP contribution in [0.5, 0.6) is 0 Å². The standard InChI is InChI=1S/C11H16N4O.ClH/c1-15(2,3)9-11(16)14-13-8-10-4-6-12-7-5-10;/h4-8H,9H2,1-3H3;1H. The van der Waals surface area contributed by atoms with Gasteiger partial charge in [-0.25, -0.2) is 5.43 Å². The largest absolute Gasteiger partial charge is 1.00 e. The topological polar surface area (TPSA) is 54.4 Å². The van der Waals surface area contributed by atoms with Crippen molar-refractivity contribution in [1.82, 2.24) is 10.4 Å². The highest BCUT2D eigenvalue weighted by molar-refractivity contribution is 5.82. The van der Waals surface area contributed by atoms with Gasteiger partial charge in [-0.2, -0.15) is 5.10 Å². The zero-order chi connectivity index (χ0) is 12.0. The van der Waals surface area contributed by atoms with Crippen LogP contribution in [0, 0.1) is 0 Å². The Balaban J connectivity index is 0.00000256. The van der Waals surface area contributed by atoms with E-state index < -0.39 is 0 Å². The molecule has 1 aromatic heterocycles. The molecule has 0 unspecified atom stereocenters. The van der Waals surface area contributed by atoms with E-state index in [0.717, 1.165) is 5.56 Å². The van der Waals surface area contributed by atoms with Crippen molar-refractivity contribution in [3.63, 3.8) is 0 Å². The first-order valence-corrected chi connectivity index (χ1v) is 5.00. The smallest absolute Gasteiger partial charge is 0.295 e. The lowest BCUT2D eigenvalue weighted by Crippen LogP contribution is -3.00. The number of aromatic nitrogens is 1. The number of pyridine rings is 1. The van der Waals surface area contributed by atoms with Crippen LogP contribution in [-0.4, -0.2) is 49.3 Å². The summed E-state index contributed by atoms with van der Waals surface area (Å²) in [6.45, 7) is 0.397. The number of halogens is 1. The minimum Gasteiger partial charge on any atom is -1.00 e. The summed E-state index contributed by atoms with van der Waals surface area (Å²) in [5, 5.41) is 3.86. The Bertz CT molecular complexity index is 373.